The molecule has 0 spiro atoms. The summed E-state index contributed by atoms with van der Waals surface area (Å²) in [5.41, 5.74) is 7.71. The van der Waals surface area contributed by atoms with Crippen molar-refractivity contribution in [3.05, 3.63) is 18.1 Å². The molecule has 6 heteroatoms. The highest BCUT2D eigenvalue weighted by atomic mass is 16.5. The van der Waals surface area contributed by atoms with E-state index >= 15 is 0 Å². The number of hydrogen-bond donors (Lipinski definition) is 2. The number of aromatic nitrogens is 3. The van der Waals surface area contributed by atoms with Crippen LogP contribution >= 0.6 is 0 Å². The van der Waals surface area contributed by atoms with Crippen LogP contribution in [0.1, 0.15) is 38.5 Å². The summed E-state index contributed by atoms with van der Waals surface area (Å²) in [5.74, 6) is 0.493. The van der Waals surface area contributed by atoms with Gasteiger partial charge in [0.05, 0.1) is 18.1 Å². The van der Waals surface area contributed by atoms with Crippen molar-refractivity contribution in [3.63, 3.8) is 0 Å². The molecule has 0 bridgehead atoms. The fourth-order valence-electron chi connectivity index (χ4n) is 2.54. The third kappa shape index (κ3) is 2.48. The molecule has 1 aliphatic heterocycles. The molecule has 0 amide bonds. The second kappa shape index (κ2) is 6.19. The second-order valence-electron chi connectivity index (χ2n) is 4.65. The van der Waals surface area contributed by atoms with E-state index in [-0.39, 0.29) is 18.9 Å². The first-order valence-corrected chi connectivity index (χ1v) is 7.04. The molecule has 3 N–H and O–H groups in total. The molecule has 0 aliphatic carbocycles. The predicted molar refractivity (Wildman–Crippen MR) is 78.3 cm³/mol. The SMILES string of the molecule is CC.Cc1cn(C2CCC(CO)O2)c2ncnc(N)c12. The summed E-state index contributed by atoms with van der Waals surface area (Å²) >= 11 is 0. The average molecular weight is 278 g/mol. The standard InChI is InChI=1S/C12H16N4O2.C2H6/c1-7-4-16(9-3-2-8(5-17)18-9)12-10(7)11(13)14-6-15-12;1-2/h4,6,8-9,17H,2-3,5H2,1H3,(H2,13,14,15);1-2H3. The van der Waals surface area contributed by atoms with Gasteiger partial charge in [-0.25, -0.2) is 9.97 Å². The first-order valence-electron chi connectivity index (χ1n) is 7.04. The quantitative estimate of drug-likeness (QED) is 0.877. The number of aliphatic hydroxyl groups excluding tert-OH is 1. The molecule has 0 saturated carbocycles. The minimum atomic E-state index is -0.0769. The Morgan fingerprint density at radius 2 is 2.15 bits per heavy atom. The van der Waals surface area contributed by atoms with Gasteiger partial charge in [0, 0.05) is 6.20 Å². The van der Waals surface area contributed by atoms with Gasteiger partial charge in [-0.2, -0.15) is 0 Å². The number of nitrogens with zero attached hydrogens (tertiary/aromatic N) is 3. The van der Waals surface area contributed by atoms with Gasteiger partial charge in [-0.3, -0.25) is 0 Å². The molecular weight excluding hydrogens is 256 g/mol. The van der Waals surface area contributed by atoms with Crippen LogP contribution in [-0.2, 0) is 4.74 Å². The van der Waals surface area contributed by atoms with Crippen molar-refractivity contribution in [2.75, 3.05) is 12.3 Å². The minimum absolute atomic E-state index is 0.0613. The molecule has 20 heavy (non-hydrogen) atoms. The number of aryl methyl sites for hydroxylation is 1. The zero-order chi connectivity index (χ0) is 14.7. The molecule has 2 atom stereocenters. The van der Waals surface area contributed by atoms with Crippen LogP contribution < -0.4 is 5.73 Å². The number of nitrogen functional groups attached to an aromatic ring is 1. The van der Waals surface area contributed by atoms with Crippen LogP contribution in [0, 0.1) is 6.92 Å². The highest BCUT2D eigenvalue weighted by Crippen LogP contribution is 2.33. The van der Waals surface area contributed by atoms with Gasteiger partial charge in [-0.1, -0.05) is 13.8 Å². The molecule has 0 aromatic carbocycles. The lowest BCUT2D eigenvalue weighted by Gasteiger charge is -2.14. The van der Waals surface area contributed by atoms with Gasteiger partial charge in [-0.05, 0) is 25.3 Å². The largest absolute Gasteiger partial charge is 0.394 e. The Balaban J connectivity index is 0.000000704. The number of rotatable bonds is 2. The van der Waals surface area contributed by atoms with Crippen molar-refractivity contribution in [1.82, 2.24) is 14.5 Å². The zero-order valence-electron chi connectivity index (χ0n) is 12.2. The molecule has 1 fully saturated rings. The Bertz CT molecular complexity index is 582. The van der Waals surface area contributed by atoms with Gasteiger partial charge < -0.3 is 20.1 Å². The molecule has 6 nitrogen and oxygen atoms in total. The number of ether oxygens (including phenoxy) is 1. The van der Waals surface area contributed by atoms with Crippen molar-refractivity contribution in [3.8, 4) is 0 Å². The number of aliphatic hydroxyl groups is 1. The molecule has 110 valence electrons. The van der Waals surface area contributed by atoms with E-state index in [4.69, 9.17) is 15.6 Å². The highest BCUT2D eigenvalue weighted by molar-refractivity contribution is 5.89. The fourth-order valence-corrected chi connectivity index (χ4v) is 2.54. The molecular formula is C14H22N4O2. The number of anilines is 1. The fraction of sp³-hybridized carbons (Fsp3) is 0.571. The van der Waals surface area contributed by atoms with Gasteiger partial charge >= 0.3 is 0 Å². The van der Waals surface area contributed by atoms with Crippen molar-refractivity contribution in [1.29, 1.82) is 0 Å². The maximum atomic E-state index is 9.11. The van der Waals surface area contributed by atoms with Crippen LogP contribution in [0.4, 0.5) is 5.82 Å². The van der Waals surface area contributed by atoms with Gasteiger partial charge in [-0.15, -0.1) is 0 Å². The average Bonchev–Trinajstić information content (AvgIpc) is 3.06. The summed E-state index contributed by atoms with van der Waals surface area (Å²) in [6.07, 6.45) is 5.03. The number of fused-ring (bicyclic) bond motifs is 1. The molecule has 2 aromatic heterocycles. The first kappa shape index (κ1) is 14.7. The van der Waals surface area contributed by atoms with E-state index < -0.39 is 0 Å². The Labute approximate surface area is 118 Å². The Kier molecular flexibility index (Phi) is 4.57. The lowest BCUT2D eigenvalue weighted by atomic mass is 10.2. The van der Waals surface area contributed by atoms with Crippen LogP contribution in [0.5, 0.6) is 0 Å². The molecule has 1 saturated heterocycles. The second-order valence-corrected chi connectivity index (χ2v) is 4.65. The lowest BCUT2D eigenvalue weighted by Crippen LogP contribution is -2.14. The number of nitrogens with two attached hydrogens (primary N) is 1. The zero-order valence-corrected chi connectivity index (χ0v) is 12.2. The summed E-state index contributed by atoms with van der Waals surface area (Å²) < 4.78 is 7.75. The van der Waals surface area contributed by atoms with Gasteiger partial charge in [0.1, 0.15) is 24.0 Å². The van der Waals surface area contributed by atoms with Gasteiger partial charge in [0.15, 0.2) is 0 Å². The van der Waals surface area contributed by atoms with Crippen LogP contribution in [0.25, 0.3) is 11.0 Å². The lowest BCUT2D eigenvalue weighted by molar-refractivity contribution is -0.0205. The Morgan fingerprint density at radius 1 is 1.40 bits per heavy atom. The molecule has 1 aliphatic rings. The van der Waals surface area contributed by atoms with E-state index in [1.807, 2.05) is 31.5 Å². The smallest absolute Gasteiger partial charge is 0.147 e. The molecule has 2 aromatic rings. The first-order chi connectivity index (χ1) is 9.70. The van der Waals surface area contributed by atoms with Crippen molar-refractivity contribution in [2.45, 2.75) is 45.9 Å². The molecule has 0 radical (unpaired) electrons. The van der Waals surface area contributed by atoms with E-state index in [1.54, 1.807) is 0 Å². The summed E-state index contributed by atoms with van der Waals surface area (Å²) in [5, 5.41) is 10.00. The number of hydrogen-bond acceptors (Lipinski definition) is 5. The summed E-state index contributed by atoms with van der Waals surface area (Å²) in [7, 11) is 0. The normalized spacial score (nSPS) is 21.8. The van der Waals surface area contributed by atoms with Gasteiger partial charge in [0.2, 0.25) is 0 Å². The topological polar surface area (TPSA) is 86.2 Å². The predicted octanol–water partition coefficient (Wildman–Crippen LogP) is 2.02. The maximum absolute atomic E-state index is 9.11. The van der Waals surface area contributed by atoms with Crippen LogP contribution in [-0.4, -0.2) is 32.4 Å². The molecule has 3 heterocycles. The van der Waals surface area contributed by atoms with Crippen molar-refractivity contribution in [2.24, 2.45) is 0 Å². The van der Waals surface area contributed by atoms with Crippen LogP contribution in [0.15, 0.2) is 12.5 Å². The third-order valence-corrected chi connectivity index (χ3v) is 3.43. The maximum Gasteiger partial charge on any atom is 0.147 e. The van der Waals surface area contributed by atoms with E-state index in [1.165, 1.54) is 6.33 Å². The summed E-state index contributed by atoms with van der Waals surface area (Å²) in [6.45, 7) is 6.04. The Morgan fingerprint density at radius 3 is 2.80 bits per heavy atom. The van der Waals surface area contributed by atoms with E-state index in [9.17, 15) is 0 Å². The third-order valence-electron chi connectivity index (χ3n) is 3.43. The van der Waals surface area contributed by atoms with E-state index in [0.29, 0.717) is 5.82 Å². The van der Waals surface area contributed by atoms with E-state index in [2.05, 4.69) is 9.97 Å². The minimum Gasteiger partial charge on any atom is -0.394 e. The van der Waals surface area contributed by atoms with Gasteiger partial charge in [0.25, 0.3) is 0 Å². The van der Waals surface area contributed by atoms with Crippen molar-refractivity contribution < 1.29 is 9.84 Å². The van der Waals surface area contributed by atoms with Crippen molar-refractivity contribution >= 4 is 16.9 Å². The van der Waals surface area contributed by atoms with Crippen LogP contribution in [0.3, 0.4) is 0 Å². The van der Waals surface area contributed by atoms with E-state index in [0.717, 1.165) is 29.4 Å². The van der Waals surface area contributed by atoms with Crippen LogP contribution in [0.2, 0.25) is 0 Å². The molecule has 2 unspecified atom stereocenters. The molecule has 3 rings (SSSR count). The highest BCUT2D eigenvalue weighted by Gasteiger charge is 2.27. The monoisotopic (exact) mass is 278 g/mol. The Hall–Kier alpha value is -1.66. The summed E-state index contributed by atoms with van der Waals surface area (Å²) in [6, 6.07) is 0. The summed E-state index contributed by atoms with van der Waals surface area (Å²) in [4.78, 5) is 8.30.